The Morgan fingerprint density at radius 3 is 2.75 bits per heavy atom. The average Bonchev–Trinajstić information content (AvgIpc) is 2.93. The molecule has 1 aliphatic heterocycles. The van der Waals surface area contributed by atoms with E-state index >= 15 is 0 Å². The van der Waals surface area contributed by atoms with Crippen molar-refractivity contribution in [1.82, 2.24) is 10.6 Å². The smallest absolute Gasteiger partial charge is 0.315 e. The Morgan fingerprint density at radius 2 is 2.08 bits per heavy atom. The largest absolute Gasteiger partial charge is 0.494 e. The van der Waals surface area contributed by atoms with Crippen LogP contribution in [0.1, 0.15) is 19.8 Å². The van der Waals surface area contributed by atoms with Gasteiger partial charge >= 0.3 is 6.03 Å². The monoisotopic (exact) mass is 335 g/mol. The van der Waals surface area contributed by atoms with Crippen molar-refractivity contribution in [1.29, 1.82) is 0 Å². The standard InChI is InChI=1S/C17H25N3O4/c1-3-24-15-7-5-14(6-8-15)20-12-13(11-16(20)21)19-17(22)18-9-4-10-23-2/h5-8,13H,3-4,9-12H2,1-2H3,(H2,18,19,22)/t13-/m0/s1. The number of ether oxygens (including phenoxy) is 2. The molecule has 2 N–H and O–H groups in total. The Bertz CT molecular complexity index is 547. The van der Waals surface area contributed by atoms with Gasteiger partial charge in [0.2, 0.25) is 5.91 Å². The van der Waals surface area contributed by atoms with Crippen LogP contribution in [-0.4, -0.2) is 51.4 Å². The van der Waals surface area contributed by atoms with Crippen LogP contribution in [0.5, 0.6) is 5.75 Å². The van der Waals surface area contributed by atoms with Gasteiger partial charge in [0.1, 0.15) is 5.75 Å². The van der Waals surface area contributed by atoms with Crippen LogP contribution in [0.15, 0.2) is 24.3 Å². The lowest BCUT2D eigenvalue weighted by Crippen LogP contribution is -2.43. The molecular weight excluding hydrogens is 310 g/mol. The fraction of sp³-hybridized carbons (Fsp3) is 0.529. The lowest BCUT2D eigenvalue weighted by atomic mass is 10.2. The summed E-state index contributed by atoms with van der Waals surface area (Å²) in [6, 6.07) is 6.96. The van der Waals surface area contributed by atoms with E-state index in [0.29, 0.717) is 32.7 Å². The molecule has 2 rings (SSSR count). The van der Waals surface area contributed by atoms with Crippen LogP contribution in [0.4, 0.5) is 10.5 Å². The van der Waals surface area contributed by atoms with Crippen molar-refractivity contribution in [3.05, 3.63) is 24.3 Å². The number of hydrogen-bond donors (Lipinski definition) is 2. The number of methoxy groups -OCH3 is 1. The van der Waals surface area contributed by atoms with Gasteiger partial charge in [0, 0.05) is 38.9 Å². The van der Waals surface area contributed by atoms with Crippen LogP contribution in [0, 0.1) is 0 Å². The van der Waals surface area contributed by atoms with Crippen molar-refractivity contribution in [3.63, 3.8) is 0 Å². The van der Waals surface area contributed by atoms with E-state index in [1.807, 2.05) is 31.2 Å². The molecule has 3 amide bonds. The first-order valence-electron chi connectivity index (χ1n) is 8.20. The zero-order valence-corrected chi connectivity index (χ0v) is 14.2. The maximum atomic E-state index is 12.2. The summed E-state index contributed by atoms with van der Waals surface area (Å²) >= 11 is 0. The second kappa shape index (κ2) is 9.12. The summed E-state index contributed by atoms with van der Waals surface area (Å²) in [6.45, 7) is 4.15. The first kappa shape index (κ1) is 18.1. The van der Waals surface area contributed by atoms with Gasteiger partial charge in [-0.2, -0.15) is 0 Å². The summed E-state index contributed by atoms with van der Waals surface area (Å²) in [4.78, 5) is 25.7. The van der Waals surface area contributed by atoms with Gasteiger partial charge in [-0.25, -0.2) is 4.79 Å². The molecule has 1 aliphatic rings. The van der Waals surface area contributed by atoms with E-state index in [2.05, 4.69) is 10.6 Å². The number of nitrogens with one attached hydrogen (secondary N) is 2. The highest BCUT2D eigenvalue weighted by Crippen LogP contribution is 2.24. The SMILES string of the molecule is CCOc1ccc(N2C[C@@H](NC(=O)NCCCOC)CC2=O)cc1. The summed E-state index contributed by atoms with van der Waals surface area (Å²) in [6.07, 6.45) is 1.06. The van der Waals surface area contributed by atoms with Crippen molar-refractivity contribution in [2.24, 2.45) is 0 Å². The van der Waals surface area contributed by atoms with Gasteiger partial charge in [-0.05, 0) is 37.6 Å². The molecule has 0 aliphatic carbocycles. The number of benzene rings is 1. The van der Waals surface area contributed by atoms with Crippen molar-refractivity contribution < 1.29 is 19.1 Å². The van der Waals surface area contributed by atoms with Crippen LogP contribution in [-0.2, 0) is 9.53 Å². The second-order valence-corrected chi connectivity index (χ2v) is 5.58. The number of carbonyl (C=O) groups is 2. The van der Waals surface area contributed by atoms with Gasteiger partial charge in [-0.15, -0.1) is 0 Å². The van der Waals surface area contributed by atoms with E-state index in [1.54, 1.807) is 12.0 Å². The maximum Gasteiger partial charge on any atom is 0.315 e. The van der Waals surface area contributed by atoms with Gasteiger partial charge in [0.15, 0.2) is 0 Å². The summed E-state index contributed by atoms with van der Waals surface area (Å²) in [7, 11) is 1.62. The zero-order chi connectivity index (χ0) is 17.4. The minimum absolute atomic E-state index is 0.00356. The van der Waals surface area contributed by atoms with Crippen LogP contribution in [0.2, 0.25) is 0 Å². The number of amides is 3. The Kier molecular flexibility index (Phi) is 6.87. The number of anilines is 1. The van der Waals surface area contributed by atoms with E-state index in [9.17, 15) is 9.59 Å². The van der Waals surface area contributed by atoms with Crippen LogP contribution < -0.4 is 20.3 Å². The summed E-state index contributed by atoms with van der Waals surface area (Å²) in [5, 5.41) is 5.60. The molecule has 0 spiro atoms. The lowest BCUT2D eigenvalue weighted by Gasteiger charge is -2.18. The van der Waals surface area contributed by atoms with Gasteiger partial charge in [-0.1, -0.05) is 0 Å². The number of urea groups is 1. The molecule has 0 unspecified atom stereocenters. The lowest BCUT2D eigenvalue weighted by molar-refractivity contribution is -0.117. The van der Waals surface area contributed by atoms with E-state index in [0.717, 1.165) is 17.9 Å². The third kappa shape index (κ3) is 5.13. The zero-order valence-electron chi connectivity index (χ0n) is 14.2. The molecule has 7 nitrogen and oxygen atoms in total. The number of rotatable bonds is 8. The highest BCUT2D eigenvalue weighted by molar-refractivity contribution is 5.96. The fourth-order valence-corrected chi connectivity index (χ4v) is 2.60. The molecule has 7 heteroatoms. The minimum Gasteiger partial charge on any atom is -0.494 e. The van der Waals surface area contributed by atoms with Crippen molar-refractivity contribution in [2.75, 3.05) is 38.3 Å². The summed E-state index contributed by atoms with van der Waals surface area (Å²) in [5.41, 5.74) is 0.813. The van der Waals surface area contributed by atoms with Crippen LogP contribution >= 0.6 is 0 Å². The Balaban J connectivity index is 1.83. The molecule has 1 saturated heterocycles. The molecule has 1 atom stereocenters. The topological polar surface area (TPSA) is 79.9 Å². The molecule has 1 aromatic carbocycles. The van der Waals surface area contributed by atoms with Crippen LogP contribution in [0.25, 0.3) is 0 Å². The minimum atomic E-state index is -0.252. The first-order valence-corrected chi connectivity index (χ1v) is 8.20. The molecule has 1 aromatic rings. The first-order chi connectivity index (χ1) is 11.6. The number of nitrogens with zero attached hydrogens (tertiary/aromatic N) is 1. The molecule has 0 saturated carbocycles. The maximum absolute atomic E-state index is 12.2. The van der Waals surface area contributed by atoms with Gasteiger partial charge in [-0.3, -0.25) is 4.79 Å². The Hall–Kier alpha value is -2.28. The third-order valence-corrected chi connectivity index (χ3v) is 3.73. The predicted octanol–water partition coefficient (Wildman–Crippen LogP) is 1.53. The molecule has 24 heavy (non-hydrogen) atoms. The van der Waals surface area contributed by atoms with Crippen LogP contribution in [0.3, 0.4) is 0 Å². The average molecular weight is 335 g/mol. The molecule has 0 aromatic heterocycles. The third-order valence-electron chi connectivity index (χ3n) is 3.73. The van der Waals surface area contributed by atoms with E-state index in [4.69, 9.17) is 9.47 Å². The molecule has 0 bridgehead atoms. The summed E-state index contributed by atoms with van der Waals surface area (Å²) in [5.74, 6) is 0.779. The van der Waals surface area contributed by atoms with E-state index in [-0.39, 0.29) is 18.0 Å². The van der Waals surface area contributed by atoms with E-state index < -0.39 is 0 Å². The second-order valence-electron chi connectivity index (χ2n) is 5.58. The predicted molar refractivity (Wildman–Crippen MR) is 91.4 cm³/mol. The highest BCUT2D eigenvalue weighted by atomic mass is 16.5. The molecule has 1 heterocycles. The van der Waals surface area contributed by atoms with Gasteiger partial charge in [0.05, 0.1) is 12.6 Å². The molecule has 0 radical (unpaired) electrons. The number of hydrogen-bond acceptors (Lipinski definition) is 4. The van der Waals surface area contributed by atoms with Crippen molar-refractivity contribution in [2.45, 2.75) is 25.8 Å². The Morgan fingerprint density at radius 1 is 1.33 bits per heavy atom. The molecular formula is C17H25N3O4. The molecule has 1 fully saturated rings. The quantitative estimate of drug-likeness (QED) is 0.706. The van der Waals surface area contributed by atoms with Gasteiger partial charge < -0.3 is 25.0 Å². The highest BCUT2D eigenvalue weighted by Gasteiger charge is 2.31. The summed E-state index contributed by atoms with van der Waals surface area (Å²) < 4.78 is 10.3. The normalized spacial score (nSPS) is 17.0. The number of carbonyl (C=O) groups excluding carboxylic acids is 2. The van der Waals surface area contributed by atoms with Crippen molar-refractivity contribution >= 4 is 17.6 Å². The van der Waals surface area contributed by atoms with E-state index in [1.165, 1.54) is 0 Å². The van der Waals surface area contributed by atoms with Crippen molar-refractivity contribution in [3.8, 4) is 5.75 Å². The van der Waals surface area contributed by atoms with Gasteiger partial charge in [0.25, 0.3) is 0 Å². The Labute approximate surface area is 142 Å². The molecule has 132 valence electrons. The fourth-order valence-electron chi connectivity index (χ4n) is 2.60.